The minimum atomic E-state index is 1.09. The van der Waals surface area contributed by atoms with Crippen LogP contribution in [0, 0.1) is 0 Å². The lowest BCUT2D eigenvalue weighted by molar-refractivity contribution is 1.56. The van der Waals surface area contributed by atoms with Crippen molar-refractivity contribution >= 4 is 56.6 Å². The van der Waals surface area contributed by atoms with Crippen molar-refractivity contribution in [3.8, 4) is 89.0 Å². The van der Waals surface area contributed by atoms with E-state index in [0.29, 0.717) is 0 Å². The molecule has 0 unspecified atom stereocenters. The molecule has 12 aromatic carbocycles. The van der Waals surface area contributed by atoms with Crippen molar-refractivity contribution in [1.82, 2.24) is 0 Å². The summed E-state index contributed by atoms with van der Waals surface area (Å²) in [5.41, 5.74) is 22.9. The molecule has 0 radical (unpaired) electrons. The van der Waals surface area contributed by atoms with Crippen LogP contribution >= 0.6 is 0 Å². The summed E-state index contributed by atoms with van der Waals surface area (Å²) in [6.07, 6.45) is 7.60. The molecule has 0 N–H and O–H groups in total. The molecule has 0 fully saturated rings. The van der Waals surface area contributed by atoms with Gasteiger partial charge in [-0.1, -0.05) is 233 Å². The predicted molar refractivity (Wildman–Crippen MR) is 323 cm³/mol. The lowest BCUT2D eigenvalue weighted by Gasteiger charge is -2.19. The van der Waals surface area contributed by atoms with Gasteiger partial charge in [0.05, 0.1) is 0 Å². The zero-order valence-electron chi connectivity index (χ0n) is 41.2. The average Bonchev–Trinajstić information content (AvgIpc) is 3.50. The summed E-state index contributed by atoms with van der Waals surface area (Å²) < 4.78 is 0. The normalized spacial score (nSPS) is 11.2. The molecule has 0 heteroatoms. The quantitative estimate of drug-likeness (QED) is 0.107. The predicted octanol–water partition coefficient (Wildman–Crippen LogP) is 21.1. The SMILES string of the molecule is C=Cc1ccc(-c2cc(-c3ccc(C=C)cc3)cc(-c3cc4c5cc(-c6ccccc6)ccc5c(-c5cc(-c6ccc(C=C)cc6)cc(-c6ccc(C=C)cc6)c5)cc4c4cc(-c5ccccc5)ccc34)c2)cc1. The summed E-state index contributed by atoms with van der Waals surface area (Å²) >= 11 is 0. The minimum absolute atomic E-state index is 1.09. The van der Waals surface area contributed by atoms with Gasteiger partial charge in [-0.3, -0.25) is 0 Å². The van der Waals surface area contributed by atoms with E-state index in [1.807, 2.05) is 24.3 Å². The smallest absolute Gasteiger partial charge is 0.00921 e. The van der Waals surface area contributed by atoms with Gasteiger partial charge in [0.2, 0.25) is 0 Å². The van der Waals surface area contributed by atoms with Crippen LogP contribution in [-0.2, 0) is 0 Å². The minimum Gasteiger partial charge on any atom is -0.0985 e. The van der Waals surface area contributed by atoms with Gasteiger partial charge in [-0.15, -0.1) is 0 Å². The van der Waals surface area contributed by atoms with Gasteiger partial charge in [0.1, 0.15) is 0 Å². The molecule has 0 atom stereocenters. The zero-order chi connectivity index (χ0) is 50.1. The van der Waals surface area contributed by atoms with Gasteiger partial charge in [0.25, 0.3) is 0 Å². The Balaban J connectivity index is 1.18. The molecule has 0 amide bonds. The fourth-order valence-electron chi connectivity index (χ4n) is 10.6. The van der Waals surface area contributed by atoms with E-state index >= 15 is 0 Å². The van der Waals surface area contributed by atoms with Crippen molar-refractivity contribution in [2.24, 2.45) is 0 Å². The third-order valence-corrected chi connectivity index (χ3v) is 14.7. The van der Waals surface area contributed by atoms with Crippen molar-refractivity contribution in [3.63, 3.8) is 0 Å². The maximum absolute atomic E-state index is 4.03. The topological polar surface area (TPSA) is 0 Å². The molecule has 12 aromatic rings. The Hall–Kier alpha value is -9.62. The van der Waals surface area contributed by atoms with Crippen LogP contribution in [-0.4, -0.2) is 0 Å². The largest absolute Gasteiger partial charge is 0.0985 e. The molecule has 0 aliphatic carbocycles. The van der Waals surface area contributed by atoms with Crippen molar-refractivity contribution in [2.75, 3.05) is 0 Å². The zero-order valence-corrected chi connectivity index (χ0v) is 41.2. The Morgan fingerprint density at radius 3 is 0.703 bits per heavy atom. The first-order chi connectivity index (χ1) is 36.4. The van der Waals surface area contributed by atoms with Gasteiger partial charge in [-0.2, -0.15) is 0 Å². The van der Waals surface area contributed by atoms with Gasteiger partial charge in [0.15, 0.2) is 0 Å². The van der Waals surface area contributed by atoms with E-state index in [1.165, 1.54) is 65.7 Å². The Bertz CT molecular complexity index is 3700. The van der Waals surface area contributed by atoms with Gasteiger partial charge in [-0.25, -0.2) is 0 Å². The van der Waals surface area contributed by atoms with E-state index < -0.39 is 0 Å². The molecule has 0 heterocycles. The Labute approximate surface area is 434 Å². The Morgan fingerprint density at radius 1 is 0.176 bits per heavy atom. The van der Waals surface area contributed by atoms with Gasteiger partial charge >= 0.3 is 0 Å². The highest BCUT2D eigenvalue weighted by Crippen LogP contribution is 2.46. The van der Waals surface area contributed by atoms with Crippen LogP contribution in [0.1, 0.15) is 22.3 Å². The van der Waals surface area contributed by atoms with Crippen LogP contribution in [0.4, 0.5) is 0 Å². The second kappa shape index (κ2) is 19.5. The van der Waals surface area contributed by atoms with Crippen LogP contribution in [0.25, 0.3) is 146 Å². The molecule has 0 spiro atoms. The summed E-state index contributed by atoms with van der Waals surface area (Å²) in [5, 5.41) is 7.16. The molecule has 74 heavy (non-hydrogen) atoms. The molecule has 0 aliphatic heterocycles. The Kier molecular flexibility index (Phi) is 12.0. The van der Waals surface area contributed by atoms with E-state index in [4.69, 9.17) is 0 Å². The molecule has 0 aliphatic rings. The van der Waals surface area contributed by atoms with Crippen LogP contribution in [0.5, 0.6) is 0 Å². The molecular weight excluding hydrogens is 889 g/mol. The van der Waals surface area contributed by atoms with Crippen LogP contribution in [0.3, 0.4) is 0 Å². The first kappa shape index (κ1) is 45.5. The van der Waals surface area contributed by atoms with E-state index in [9.17, 15) is 0 Å². The van der Waals surface area contributed by atoms with Crippen molar-refractivity contribution in [3.05, 3.63) is 291 Å². The van der Waals surface area contributed by atoms with E-state index in [2.05, 4.69) is 269 Å². The highest BCUT2D eigenvalue weighted by Gasteiger charge is 2.19. The fourth-order valence-corrected chi connectivity index (χ4v) is 10.6. The van der Waals surface area contributed by atoms with Crippen LogP contribution in [0.15, 0.2) is 269 Å². The number of hydrogen-bond donors (Lipinski definition) is 0. The molecule has 0 saturated carbocycles. The number of hydrogen-bond acceptors (Lipinski definition) is 0. The lowest BCUT2D eigenvalue weighted by atomic mass is 9.84. The summed E-state index contributed by atoms with van der Waals surface area (Å²) in [6, 6.07) is 89.5. The lowest BCUT2D eigenvalue weighted by Crippen LogP contribution is -1.93. The van der Waals surface area contributed by atoms with Crippen molar-refractivity contribution < 1.29 is 0 Å². The van der Waals surface area contributed by atoms with Gasteiger partial charge < -0.3 is 0 Å². The van der Waals surface area contributed by atoms with Crippen molar-refractivity contribution in [2.45, 2.75) is 0 Å². The van der Waals surface area contributed by atoms with Crippen molar-refractivity contribution in [1.29, 1.82) is 0 Å². The first-order valence-electron chi connectivity index (χ1n) is 25.2. The second-order valence-corrected chi connectivity index (χ2v) is 19.1. The standard InChI is InChI=1S/C74H52/c1-5-49-19-27-55(28-20-49)61-39-62(56-29-21-50(6-2)22-30-56)42-65(41-61)69-47-73-72-46-60(54-17-13-10-14-18-54)36-38-68(72)70(48-74(73)71-45-59(35-37-67(69)71)53-15-11-9-12-16-53)66-43-63(57-31-23-51(7-3)24-32-57)40-64(44-66)58-33-25-52(8-4)26-34-58/h5-48H,1-4H2. The van der Waals surface area contributed by atoms with Gasteiger partial charge in [0, 0.05) is 0 Å². The number of rotatable bonds is 12. The summed E-state index contributed by atoms with van der Waals surface area (Å²) in [7, 11) is 0. The third-order valence-electron chi connectivity index (χ3n) is 14.7. The third kappa shape index (κ3) is 8.70. The first-order valence-corrected chi connectivity index (χ1v) is 25.2. The van der Waals surface area contributed by atoms with E-state index in [-0.39, 0.29) is 0 Å². The summed E-state index contributed by atoms with van der Waals surface area (Å²) in [6.45, 7) is 16.1. The van der Waals surface area contributed by atoms with E-state index in [1.54, 1.807) is 0 Å². The molecular formula is C74H52. The molecule has 0 saturated heterocycles. The van der Waals surface area contributed by atoms with E-state index in [0.717, 1.165) is 77.9 Å². The molecule has 12 rings (SSSR count). The fraction of sp³-hybridized carbons (Fsp3) is 0. The number of benzene rings is 12. The monoisotopic (exact) mass is 940 g/mol. The maximum atomic E-state index is 4.03. The van der Waals surface area contributed by atoms with Crippen LogP contribution < -0.4 is 0 Å². The molecule has 0 aromatic heterocycles. The average molecular weight is 941 g/mol. The van der Waals surface area contributed by atoms with Gasteiger partial charge in [-0.05, 0) is 204 Å². The number of fused-ring (bicyclic) bond motifs is 5. The van der Waals surface area contributed by atoms with Crippen LogP contribution in [0.2, 0.25) is 0 Å². The molecule has 0 nitrogen and oxygen atoms in total. The summed E-state index contributed by atoms with van der Waals surface area (Å²) in [5.74, 6) is 0. The highest BCUT2D eigenvalue weighted by molar-refractivity contribution is 6.25. The highest BCUT2D eigenvalue weighted by atomic mass is 14.2. The molecule has 0 bridgehead atoms. The molecule has 348 valence electrons. The maximum Gasteiger partial charge on any atom is -0.00921 e. The summed E-state index contributed by atoms with van der Waals surface area (Å²) in [4.78, 5) is 0. The second-order valence-electron chi connectivity index (χ2n) is 19.1. The Morgan fingerprint density at radius 2 is 0.419 bits per heavy atom.